The highest BCUT2D eigenvalue weighted by atomic mass is 19.3. The first-order valence-electron chi connectivity index (χ1n) is 6.12. The second-order valence-corrected chi connectivity index (χ2v) is 4.64. The molecule has 1 aliphatic heterocycles. The van der Waals surface area contributed by atoms with Crippen LogP contribution in [0.3, 0.4) is 0 Å². The van der Waals surface area contributed by atoms with Crippen LogP contribution in [0.2, 0.25) is 0 Å². The molecule has 2 atom stereocenters. The predicted octanol–water partition coefficient (Wildman–Crippen LogP) is 0.475. The number of carbonyl (C=O) groups excluding carboxylic acids is 1. The van der Waals surface area contributed by atoms with E-state index in [9.17, 15) is 18.7 Å². The first kappa shape index (κ1) is 13.9. The molecule has 0 bridgehead atoms. The molecule has 1 amide bonds. The third-order valence-corrected chi connectivity index (χ3v) is 3.25. The van der Waals surface area contributed by atoms with E-state index in [4.69, 9.17) is 0 Å². The zero-order valence-electron chi connectivity index (χ0n) is 10.3. The largest absolute Gasteiger partial charge is 0.391 e. The quantitative estimate of drug-likeness (QED) is 0.745. The van der Waals surface area contributed by atoms with Gasteiger partial charge in [-0.1, -0.05) is 30.3 Å². The molecule has 1 aromatic carbocycles. The van der Waals surface area contributed by atoms with Crippen molar-refractivity contribution in [2.75, 3.05) is 19.6 Å². The number of aliphatic hydroxyl groups is 1. The molecule has 1 aromatic rings. The summed E-state index contributed by atoms with van der Waals surface area (Å²) in [5.41, 5.74) is -0.336. The maximum Gasteiger partial charge on any atom is 0.349 e. The molecule has 2 rings (SSSR count). The molecule has 2 unspecified atom stereocenters. The Kier molecular flexibility index (Phi) is 4.11. The fourth-order valence-corrected chi connectivity index (χ4v) is 2.04. The minimum atomic E-state index is -3.56. The van der Waals surface area contributed by atoms with Gasteiger partial charge < -0.3 is 15.7 Å². The van der Waals surface area contributed by atoms with Gasteiger partial charge in [0, 0.05) is 31.1 Å². The Bertz CT molecular complexity index is 440. The molecule has 0 aromatic heterocycles. The highest BCUT2D eigenvalue weighted by Gasteiger charge is 2.41. The molecule has 1 fully saturated rings. The molecular formula is C13H16F2N2O2. The number of carbonyl (C=O) groups is 1. The first-order valence-corrected chi connectivity index (χ1v) is 6.12. The average Bonchev–Trinajstić information content (AvgIpc) is 2.82. The van der Waals surface area contributed by atoms with Gasteiger partial charge in [0.15, 0.2) is 0 Å². The topological polar surface area (TPSA) is 61.4 Å². The summed E-state index contributed by atoms with van der Waals surface area (Å²) in [5, 5.41) is 14.7. The normalized spacial score (nSPS) is 23.3. The molecule has 19 heavy (non-hydrogen) atoms. The Morgan fingerprint density at radius 1 is 1.37 bits per heavy atom. The summed E-state index contributed by atoms with van der Waals surface area (Å²) < 4.78 is 27.7. The standard InChI is InChI=1S/C13H16F2N2O2/c14-13(15,10-4-2-1-3-5-10)12(19)17-7-9-6-16-8-11(9)18/h1-5,9,11,16,18H,6-8H2,(H,17,19). The summed E-state index contributed by atoms with van der Waals surface area (Å²) in [6.45, 7) is 0.976. The average molecular weight is 270 g/mol. The Morgan fingerprint density at radius 2 is 2.05 bits per heavy atom. The number of benzene rings is 1. The van der Waals surface area contributed by atoms with E-state index in [1.54, 1.807) is 6.07 Å². The van der Waals surface area contributed by atoms with E-state index < -0.39 is 17.9 Å². The Morgan fingerprint density at radius 3 is 2.63 bits per heavy atom. The molecule has 1 heterocycles. The lowest BCUT2D eigenvalue weighted by atomic mass is 10.1. The number of rotatable bonds is 4. The van der Waals surface area contributed by atoms with Gasteiger partial charge in [0.05, 0.1) is 6.10 Å². The Balaban J connectivity index is 1.95. The lowest BCUT2D eigenvalue weighted by Gasteiger charge is -2.19. The van der Waals surface area contributed by atoms with Crippen LogP contribution in [0.25, 0.3) is 0 Å². The van der Waals surface area contributed by atoms with Crippen molar-refractivity contribution >= 4 is 5.91 Å². The molecule has 1 saturated heterocycles. The summed E-state index contributed by atoms with van der Waals surface area (Å²) in [4.78, 5) is 11.6. The van der Waals surface area contributed by atoms with Crippen molar-refractivity contribution in [1.29, 1.82) is 0 Å². The van der Waals surface area contributed by atoms with Crippen molar-refractivity contribution in [3.63, 3.8) is 0 Å². The Hall–Kier alpha value is -1.53. The van der Waals surface area contributed by atoms with Crippen LogP contribution in [0.5, 0.6) is 0 Å². The summed E-state index contributed by atoms with van der Waals surface area (Å²) in [5.74, 6) is -5.12. The van der Waals surface area contributed by atoms with Gasteiger partial charge in [-0.05, 0) is 0 Å². The maximum atomic E-state index is 13.8. The highest BCUT2D eigenvalue weighted by Crippen LogP contribution is 2.27. The van der Waals surface area contributed by atoms with Gasteiger partial charge in [0.2, 0.25) is 0 Å². The third kappa shape index (κ3) is 3.08. The predicted molar refractivity (Wildman–Crippen MR) is 65.7 cm³/mol. The lowest BCUT2D eigenvalue weighted by Crippen LogP contribution is -2.42. The van der Waals surface area contributed by atoms with Crippen LogP contribution in [0, 0.1) is 5.92 Å². The zero-order valence-corrected chi connectivity index (χ0v) is 10.3. The van der Waals surface area contributed by atoms with E-state index in [1.807, 2.05) is 0 Å². The second-order valence-electron chi connectivity index (χ2n) is 4.64. The third-order valence-electron chi connectivity index (χ3n) is 3.25. The van der Waals surface area contributed by atoms with E-state index in [1.165, 1.54) is 24.3 Å². The number of hydrogen-bond donors (Lipinski definition) is 3. The van der Waals surface area contributed by atoms with Crippen LogP contribution in [0.15, 0.2) is 30.3 Å². The monoisotopic (exact) mass is 270 g/mol. The number of nitrogens with one attached hydrogen (secondary N) is 2. The van der Waals surface area contributed by atoms with Crippen molar-refractivity contribution in [1.82, 2.24) is 10.6 Å². The number of halogens is 2. The fourth-order valence-electron chi connectivity index (χ4n) is 2.04. The van der Waals surface area contributed by atoms with Gasteiger partial charge in [0.25, 0.3) is 5.91 Å². The van der Waals surface area contributed by atoms with Crippen molar-refractivity contribution in [2.45, 2.75) is 12.0 Å². The van der Waals surface area contributed by atoms with E-state index >= 15 is 0 Å². The van der Waals surface area contributed by atoms with Crippen molar-refractivity contribution in [3.8, 4) is 0 Å². The molecule has 4 nitrogen and oxygen atoms in total. The molecule has 0 radical (unpaired) electrons. The molecule has 104 valence electrons. The van der Waals surface area contributed by atoms with Gasteiger partial charge in [-0.15, -0.1) is 0 Å². The first-order chi connectivity index (χ1) is 9.01. The Labute approximate surface area is 109 Å². The van der Waals surface area contributed by atoms with E-state index in [0.717, 1.165) is 0 Å². The summed E-state index contributed by atoms with van der Waals surface area (Å²) in [7, 11) is 0. The van der Waals surface area contributed by atoms with Crippen LogP contribution >= 0.6 is 0 Å². The number of hydrogen-bond acceptors (Lipinski definition) is 3. The summed E-state index contributed by atoms with van der Waals surface area (Å²) >= 11 is 0. The van der Waals surface area contributed by atoms with Crippen molar-refractivity contribution < 1.29 is 18.7 Å². The molecule has 3 N–H and O–H groups in total. The van der Waals surface area contributed by atoms with Crippen LogP contribution < -0.4 is 10.6 Å². The van der Waals surface area contributed by atoms with Gasteiger partial charge in [-0.25, -0.2) is 0 Å². The van der Waals surface area contributed by atoms with Gasteiger partial charge in [0.1, 0.15) is 0 Å². The number of amides is 1. The molecular weight excluding hydrogens is 254 g/mol. The smallest absolute Gasteiger partial charge is 0.349 e. The minimum Gasteiger partial charge on any atom is -0.391 e. The molecule has 0 aliphatic carbocycles. The van der Waals surface area contributed by atoms with E-state index in [-0.39, 0.29) is 18.0 Å². The highest BCUT2D eigenvalue weighted by molar-refractivity contribution is 5.84. The van der Waals surface area contributed by atoms with Crippen LogP contribution in [-0.2, 0) is 10.7 Å². The van der Waals surface area contributed by atoms with Gasteiger partial charge in [-0.2, -0.15) is 8.78 Å². The molecule has 1 aliphatic rings. The second kappa shape index (κ2) is 5.63. The van der Waals surface area contributed by atoms with Crippen molar-refractivity contribution in [3.05, 3.63) is 35.9 Å². The van der Waals surface area contributed by atoms with Gasteiger partial charge >= 0.3 is 5.92 Å². The SMILES string of the molecule is O=C(NCC1CNCC1O)C(F)(F)c1ccccc1. The summed E-state index contributed by atoms with van der Waals surface area (Å²) in [6, 6.07) is 6.96. The van der Waals surface area contributed by atoms with Crippen molar-refractivity contribution in [2.24, 2.45) is 5.92 Å². The fraction of sp³-hybridized carbons (Fsp3) is 0.462. The van der Waals surface area contributed by atoms with E-state index in [2.05, 4.69) is 10.6 Å². The minimum absolute atomic E-state index is 0.0371. The number of alkyl halides is 2. The summed E-state index contributed by atoms with van der Waals surface area (Å²) in [6.07, 6.45) is -0.606. The number of β-amino-alcohol motifs (C(OH)–C–C–N with tert-alkyl or cyclic N) is 1. The van der Waals surface area contributed by atoms with Crippen LogP contribution in [-0.4, -0.2) is 36.8 Å². The molecule has 6 heteroatoms. The van der Waals surface area contributed by atoms with E-state index in [0.29, 0.717) is 13.1 Å². The molecule has 0 spiro atoms. The van der Waals surface area contributed by atoms with Crippen LogP contribution in [0.1, 0.15) is 5.56 Å². The van der Waals surface area contributed by atoms with Crippen LogP contribution in [0.4, 0.5) is 8.78 Å². The molecule has 0 saturated carbocycles. The van der Waals surface area contributed by atoms with Gasteiger partial charge in [-0.3, -0.25) is 4.79 Å². The number of aliphatic hydroxyl groups excluding tert-OH is 1. The zero-order chi connectivity index (χ0) is 13.9. The lowest BCUT2D eigenvalue weighted by molar-refractivity contribution is -0.147. The maximum absolute atomic E-state index is 13.8.